The zero-order chi connectivity index (χ0) is 13.1. The summed E-state index contributed by atoms with van der Waals surface area (Å²) >= 11 is 8.67. The highest BCUT2D eigenvalue weighted by atomic mass is 79.9. The van der Waals surface area contributed by atoms with E-state index in [9.17, 15) is 0 Å². The van der Waals surface area contributed by atoms with Crippen LogP contribution in [0.15, 0.2) is 32.5 Å². The first kappa shape index (κ1) is 14.1. The van der Waals surface area contributed by atoms with Gasteiger partial charge in [-0.3, -0.25) is 11.3 Å². The van der Waals surface area contributed by atoms with E-state index >= 15 is 0 Å². The maximum absolute atomic E-state index is 5.66. The molecule has 1 unspecified atom stereocenters. The summed E-state index contributed by atoms with van der Waals surface area (Å²) in [6.45, 7) is 2.01. The molecule has 0 radical (unpaired) electrons. The van der Waals surface area contributed by atoms with Crippen molar-refractivity contribution in [2.45, 2.75) is 19.4 Å². The van der Waals surface area contributed by atoms with Gasteiger partial charge in [-0.1, -0.05) is 37.9 Å². The van der Waals surface area contributed by atoms with Crippen molar-refractivity contribution in [1.29, 1.82) is 0 Å². The number of benzene rings is 1. The second-order valence-electron chi connectivity index (χ2n) is 3.95. The largest absolute Gasteiger partial charge is 0.271 e. The Bertz CT molecular complexity index is 542. The first-order valence-electron chi connectivity index (χ1n) is 5.42. The minimum atomic E-state index is 0.0500. The van der Waals surface area contributed by atoms with Crippen LogP contribution in [0.3, 0.4) is 0 Å². The highest BCUT2D eigenvalue weighted by Crippen LogP contribution is 2.28. The van der Waals surface area contributed by atoms with Gasteiger partial charge in [0.1, 0.15) is 0 Å². The van der Waals surface area contributed by atoms with Gasteiger partial charge in [0.2, 0.25) is 0 Å². The molecule has 3 N–H and O–H groups in total. The first-order chi connectivity index (χ1) is 8.60. The standard InChI is InChI=1S/C12H13Br2N3S/c1-7-16-9(6-18-7)5-12(17-15)10-3-2-8(13)4-11(10)14/h2-4,6,12,17H,5,15H2,1H3. The van der Waals surface area contributed by atoms with Crippen LogP contribution in [0.1, 0.15) is 22.3 Å². The molecule has 0 saturated carbocycles. The van der Waals surface area contributed by atoms with Gasteiger partial charge in [0.15, 0.2) is 0 Å². The molecule has 96 valence electrons. The van der Waals surface area contributed by atoms with Crippen LogP contribution in [-0.2, 0) is 6.42 Å². The monoisotopic (exact) mass is 389 g/mol. The lowest BCUT2D eigenvalue weighted by Crippen LogP contribution is -2.30. The highest BCUT2D eigenvalue weighted by Gasteiger charge is 2.15. The molecule has 1 aromatic carbocycles. The highest BCUT2D eigenvalue weighted by molar-refractivity contribution is 9.11. The van der Waals surface area contributed by atoms with E-state index in [1.807, 2.05) is 19.1 Å². The minimum absolute atomic E-state index is 0.0500. The molecule has 0 aliphatic carbocycles. The summed E-state index contributed by atoms with van der Waals surface area (Å²) in [6.07, 6.45) is 0.779. The van der Waals surface area contributed by atoms with Gasteiger partial charge in [0.05, 0.1) is 16.7 Å². The molecule has 1 aromatic heterocycles. The third-order valence-electron chi connectivity index (χ3n) is 2.62. The Morgan fingerprint density at radius 3 is 2.78 bits per heavy atom. The van der Waals surface area contributed by atoms with Crippen LogP contribution in [0.5, 0.6) is 0 Å². The normalized spacial score (nSPS) is 12.7. The lowest BCUT2D eigenvalue weighted by Gasteiger charge is -2.17. The van der Waals surface area contributed by atoms with Crippen LogP contribution >= 0.6 is 43.2 Å². The van der Waals surface area contributed by atoms with Crippen LogP contribution in [-0.4, -0.2) is 4.98 Å². The van der Waals surface area contributed by atoms with Crippen LogP contribution in [0.2, 0.25) is 0 Å². The number of hydrazine groups is 1. The van der Waals surface area contributed by atoms with Gasteiger partial charge in [-0.25, -0.2) is 4.98 Å². The predicted octanol–water partition coefficient (Wildman–Crippen LogP) is 3.72. The molecule has 0 saturated heterocycles. The summed E-state index contributed by atoms with van der Waals surface area (Å²) in [5.41, 5.74) is 5.05. The first-order valence-corrected chi connectivity index (χ1v) is 7.89. The lowest BCUT2D eigenvalue weighted by molar-refractivity contribution is 0.545. The number of aromatic nitrogens is 1. The van der Waals surface area contributed by atoms with Crippen molar-refractivity contribution in [3.8, 4) is 0 Å². The van der Waals surface area contributed by atoms with Crippen molar-refractivity contribution in [3.63, 3.8) is 0 Å². The van der Waals surface area contributed by atoms with Crippen LogP contribution in [0, 0.1) is 6.92 Å². The van der Waals surface area contributed by atoms with Crippen LogP contribution in [0.25, 0.3) is 0 Å². The van der Waals surface area contributed by atoms with E-state index in [1.54, 1.807) is 11.3 Å². The summed E-state index contributed by atoms with van der Waals surface area (Å²) in [5.74, 6) is 5.66. The Balaban J connectivity index is 2.22. The number of nitrogens with one attached hydrogen (secondary N) is 1. The van der Waals surface area contributed by atoms with Gasteiger partial charge in [-0.2, -0.15) is 0 Å². The average Bonchev–Trinajstić information content (AvgIpc) is 2.72. The molecular formula is C12H13Br2N3S. The maximum Gasteiger partial charge on any atom is 0.0897 e. The Labute approximate surface area is 127 Å². The number of thiazole rings is 1. The van der Waals surface area contributed by atoms with E-state index < -0.39 is 0 Å². The number of nitrogens with zero attached hydrogens (tertiary/aromatic N) is 1. The Hall–Kier alpha value is -0.270. The molecule has 0 aliphatic heterocycles. The molecule has 3 nitrogen and oxygen atoms in total. The van der Waals surface area contributed by atoms with E-state index in [0.717, 1.165) is 31.6 Å². The lowest BCUT2D eigenvalue weighted by atomic mass is 10.0. The predicted molar refractivity (Wildman–Crippen MR) is 82.5 cm³/mol. The number of nitrogens with two attached hydrogens (primary N) is 1. The summed E-state index contributed by atoms with van der Waals surface area (Å²) in [5, 5.41) is 3.16. The topological polar surface area (TPSA) is 50.9 Å². The van der Waals surface area contributed by atoms with E-state index in [4.69, 9.17) is 5.84 Å². The summed E-state index contributed by atoms with van der Waals surface area (Å²) in [4.78, 5) is 4.47. The van der Waals surface area contributed by atoms with E-state index in [-0.39, 0.29) is 6.04 Å². The third-order valence-corrected chi connectivity index (χ3v) is 4.62. The Morgan fingerprint density at radius 2 is 2.22 bits per heavy atom. The second-order valence-corrected chi connectivity index (χ2v) is 6.78. The zero-order valence-corrected chi connectivity index (χ0v) is 13.8. The van der Waals surface area contributed by atoms with Gasteiger partial charge >= 0.3 is 0 Å². The second kappa shape index (κ2) is 6.25. The van der Waals surface area contributed by atoms with Crippen molar-refractivity contribution < 1.29 is 0 Å². The van der Waals surface area contributed by atoms with E-state index in [0.29, 0.717) is 0 Å². The molecule has 18 heavy (non-hydrogen) atoms. The molecule has 0 fully saturated rings. The van der Waals surface area contributed by atoms with Crippen LogP contribution in [0.4, 0.5) is 0 Å². The van der Waals surface area contributed by atoms with Gasteiger partial charge in [-0.05, 0) is 24.6 Å². The molecule has 1 heterocycles. The fourth-order valence-electron chi connectivity index (χ4n) is 1.75. The number of rotatable bonds is 4. The fourth-order valence-corrected chi connectivity index (χ4v) is 3.70. The third kappa shape index (κ3) is 3.39. The van der Waals surface area contributed by atoms with Gasteiger partial charge < -0.3 is 0 Å². The molecule has 2 aromatic rings. The SMILES string of the molecule is Cc1nc(CC(NN)c2ccc(Br)cc2Br)cs1. The van der Waals surface area contributed by atoms with Gasteiger partial charge in [0.25, 0.3) is 0 Å². The number of halogens is 2. The number of hydrogen-bond donors (Lipinski definition) is 2. The van der Waals surface area contributed by atoms with Crippen molar-refractivity contribution in [3.05, 3.63) is 48.8 Å². The number of hydrogen-bond acceptors (Lipinski definition) is 4. The fraction of sp³-hybridized carbons (Fsp3) is 0.250. The smallest absolute Gasteiger partial charge is 0.0897 e. The van der Waals surface area contributed by atoms with E-state index in [2.05, 4.69) is 53.7 Å². The quantitative estimate of drug-likeness (QED) is 0.617. The van der Waals surface area contributed by atoms with Crippen LogP contribution < -0.4 is 11.3 Å². The maximum atomic E-state index is 5.66. The molecule has 2 rings (SSSR count). The molecular weight excluding hydrogens is 378 g/mol. The number of aryl methyl sites for hydroxylation is 1. The van der Waals surface area contributed by atoms with Crippen molar-refractivity contribution in [2.75, 3.05) is 0 Å². The Morgan fingerprint density at radius 1 is 1.44 bits per heavy atom. The molecule has 0 spiro atoms. The molecule has 0 aliphatic rings. The summed E-state index contributed by atoms with van der Waals surface area (Å²) in [6, 6.07) is 6.13. The minimum Gasteiger partial charge on any atom is -0.271 e. The van der Waals surface area contributed by atoms with Crippen molar-refractivity contribution in [1.82, 2.24) is 10.4 Å². The molecule has 0 bridgehead atoms. The van der Waals surface area contributed by atoms with Gasteiger partial charge in [0, 0.05) is 20.7 Å². The van der Waals surface area contributed by atoms with Gasteiger partial charge in [-0.15, -0.1) is 11.3 Å². The molecule has 1 atom stereocenters. The zero-order valence-electron chi connectivity index (χ0n) is 9.78. The van der Waals surface area contributed by atoms with Crippen molar-refractivity contribution in [2.24, 2.45) is 5.84 Å². The summed E-state index contributed by atoms with van der Waals surface area (Å²) in [7, 11) is 0. The molecule has 0 amide bonds. The summed E-state index contributed by atoms with van der Waals surface area (Å²) < 4.78 is 2.07. The average molecular weight is 391 g/mol. The Kier molecular flexibility index (Phi) is 4.91. The van der Waals surface area contributed by atoms with Crippen molar-refractivity contribution >= 4 is 43.2 Å². The molecule has 6 heteroatoms. The van der Waals surface area contributed by atoms with E-state index in [1.165, 1.54) is 0 Å².